The third-order valence-corrected chi connectivity index (χ3v) is 11.0. The van der Waals surface area contributed by atoms with Crippen molar-refractivity contribution < 1.29 is 4.42 Å². The Bertz CT molecular complexity index is 3320. The SMILES string of the molecule is [C-]#[N+]c1cc(-c2ccc(-n3c4ccccc4c4cc(-c5ccc(-c6nc(-c7ccccc7)cc(-c7ccccc7)n6)cc5)ccc43)cc2)c2oc3ccccc3c2c1. The fraction of sp³-hybridized carbons (Fsp3) is 0. The molecule has 5 heteroatoms. The maximum atomic E-state index is 7.79. The van der Waals surface area contributed by atoms with Crippen molar-refractivity contribution in [2.75, 3.05) is 0 Å². The number of furan rings is 1. The average Bonchev–Trinajstić information content (AvgIpc) is 3.85. The van der Waals surface area contributed by atoms with Crippen LogP contribution in [0.3, 0.4) is 0 Å². The van der Waals surface area contributed by atoms with E-state index in [9.17, 15) is 0 Å². The second kappa shape index (κ2) is 13.6. The maximum absolute atomic E-state index is 7.79. The third-order valence-electron chi connectivity index (χ3n) is 11.0. The summed E-state index contributed by atoms with van der Waals surface area (Å²) in [4.78, 5) is 13.9. The Morgan fingerprint density at radius 3 is 1.72 bits per heavy atom. The van der Waals surface area contributed by atoms with E-state index in [0.29, 0.717) is 11.5 Å². The molecule has 11 aromatic rings. The first-order valence-corrected chi connectivity index (χ1v) is 19.3. The molecule has 0 unspecified atom stereocenters. The van der Waals surface area contributed by atoms with E-state index in [4.69, 9.17) is 21.0 Å². The van der Waals surface area contributed by atoms with Crippen LogP contribution in [0.1, 0.15) is 0 Å². The average molecular weight is 741 g/mol. The number of benzene rings is 8. The lowest BCUT2D eigenvalue weighted by atomic mass is 10.0. The molecule has 0 saturated heterocycles. The van der Waals surface area contributed by atoms with Gasteiger partial charge in [-0.2, -0.15) is 0 Å². The number of hydrogen-bond acceptors (Lipinski definition) is 3. The summed E-state index contributed by atoms with van der Waals surface area (Å²) in [6.07, 6.45) is 0. The molecule has 0 saturated carbocycles. The second-order valence-electron chi connectivity index (χ2n) is 14.5. The second-order valence-corrected chi connectivity index (χ2v) is 14.5. The summed E-state index contributed by atoms with van der Waals surface area (Å²) in [5, 5.41) is 4.34. The van der Waals surface area contributed by atoms with E-state index in [2.05, 4.69) is 131 Å². The molecule has 0 atom stereocenters. The van der Waals surface area contributed by atoms with Crippen molar-refractivity contribution >= 4 is 49.4 Å². The molecule has 0 fully saturated rings. The maximum Gasteiger partial charge on any atom is 0.188 e. The Hall–Kier alpha value is -8.07. The molecule has 3 aromatic heterocycles. The molecule has 0 aliphatic heterocycles. The summed E-state index contributed by atoms with van der Waals surface area (Å²) < 4.78 is 8.69. The number of para-hydroxylation sites is 2. The number of fused-ring (bicyclic) bond motifs is 6. The highest BCUT2D eigenvalue weighted by Crippen LogP contribution is 2.41. The van der Waals surface area contributed by atoms with Crippen molar-refractivity contribution in [2.24, 2.45) is 0 Å². The summed E-state index contributed by atoms with van der Waals surface area (Å²) in [5.41, 5.74) is 14.5. The van der Waals surface area contributed by atoms with E-state index in [1.165, 1.54) is 10.8 Å². The Morgan fingerprint density at radius 1 is 0.431 bits per heavy atom. The van der Waals surface area contributed by atoms with Gasteiger partial charge in [0.05, 0.1) is 29.0 Å². The zero-order valence-corrected chi connectivity index (χ0v) is 31.2. The summed E-state index contributed by atoms with van der Waals surface area (Å²) in [5.74, 6) is 0.692. The van der Waals surface area contributed by atoms with Gasteiger partial charge < -0.3 is 8.98 Å². The molecule has 0 bridgehead atoms. The quantitative estimate of drug-likeness (QED) is 0.160. The van der Waals surface area contributed by atoms with Crippen molar-refractivity contribution in [3.63, 3.8) is 0 Å². The van der Waals surface area contributed by atoms with Crippen LogP contribution in [-0.4, -0.2) is 14.5 Å². The standard InChI is InChI=1S/C53H32N4O/c1-54-40-31-44(52-46(32-40)43-17-9-11-19-51(43)58-52)35-24-27-41(28-25-35)57-49-18-10-8-16-42(49)45-30-39(26-29-50(45)57)34-20-22-38(23-21-34)53-55-47(36-12-4-2-5-13-36)33-48(56-53)37-14-6-3-7-15-37/h2-33H. The number of nitrogens with zero attached hydrogens (tertiary/aromatic N) is 4. The molecule has 5 nitrogen and oxygen atoms in total. The molecule has 0 aliphatic carbocycles. The van der Waals surface area contributed by atoms with Crippen LogP contribution in [0.4, 0.5) is 5.69 Å². The van der Waals surface area contributed by atoms with Crippen LogP contribution in [0.5, 0.6) is 0 Å². The van der Waals surface area contributed by atoms with Crippen LogP contribution in [0.2, 0.25) is 0 Å². The molecule has 8 aromatic carbocycles. The smallest absolute Gasteiger partial charge is 0.188 e. The first-order valence-electron chi connectivity index (χ1n) is 19.3. The minimum atomic E-state index is 0.591. The summed E-state index contributed by atoms with van der Waals surface area (Å²) in [6.45, 7) is 7.79. The molecular weight excluding hydrogens is 709 g/mol. The van der Waals surface area contributed by atoms with Crippen LogP contribution >= 0.6 is 0 Å². The van der Waals surface area contributed by atoms with Crippen molar-refractivity contribution in [2.45, 2.75) is 0 Å². The normalized spacial score (nSPS) is 11.4. The van der Waals surface area contributed by atoms with Gasteiger partial charge in [0, 0.05) is 49.5 Å². The molecule has 270 valence electrons. The number of rotatable bonds is 6. The number of aromatic nitrogens is 3. The molecule has 0 amide bonds. The van der Waals surface area contributed by atoms with Crippen molar-refractivity contribution in [1.29, 1.82) is 0 Å². The van der Waals surface area contributed by atoms with E-state index >= 15 is 0 Å². The molecule has 0 aliphatic rings. The fourth-order valence-electron chi connectivity index (χ4n) is 8.21. The highest BCUT2D eigenvalue weighted by molar-refractivity contribution is 6.12. The molecule has 0 spiro atoms. The zero-order chi connectivity index (χ0) is 38.6. The van der Waals surface area contributed by atoms with Gasteiger partial charge in [-0.25, -0.2) is 14.8 Å². The van der Waals surface area contributed by atoms with Gasteiger partial charge in [0.15, 0.2) is 11.5 Å². The Balaban J connectivity index is 0.961. The predicted molar refractivity (Wildman–Crippen MR) is 237 cm³/mol. The van der Waals surface area contributed by atoms with Gasteiger partial charge in [-0.15, -0.1) is 0 Å². The minimum Gasteiger partial charge on any atom is -0.456 e. The van der Waals surface area contributed by atoms with E-state index in [1.807, 2.05) is 72.8 Å². The summed E-state index contributed by atoms with van der Waals surface area (Å²) >= 11 is 0. The Labute approximate surface area is 334 Å². The zero-order valence-electron chi connectivity index (χ0n) is 31.2. The lowest BCUT2D eigenvalue weighted by Gasteiger charge is -2.11. The molecule has 0 N–H and O–H groups in total. The van der Waals surface area contributed by atoms with E-state index in [1.54, 1.807) is 0 Å². The minimum absolute atomic E-state index is 0.591. The third kappa shape index (κ3) is 5.63. The van der Waals surface area contributed by atoms with Crippen LogP contribution < -0.4 is 0 Å². The topological polar surface area (TPSA) is 48.2 Å². The van der Waals surface area contributed by atoms with Crippen LogP contribution in [0.15, 0.2) is 199 Å². The van der Waals surface area contributed by atoms with Gasteiger partial charge in [0.1, 0.15) is 11.2 Å². The monoisotopic (exact) mass is 740 g/mol. The van der Waals surface area contributed by atoms with Gasteiger partial charge in [-0.1, -0.05) is 140 Å². The fourth-order valence-corrected chi connectivity index (χ4v) is 8.21. The summed E-state index contributed by atoms with van der Waals surface area (Å²) in [7, 11) is 0. The predicted octanol–water partition coefficient (Wildman–Crippen LogP) is 14.4. The highest BCUT2D eigenvalue weighted by atomic mass is 16.3. The van der Waals surface area contributed by atoms with Gasteiger partial charge in [-0.3, -0.25) is 0 Å². The Morgan fingerprint density at radius 2 is 1.02 bits per heavy atom. The largest absolute Gasteiger partial charge is 0.456 e. The van der Waals surface area contributed by atoms with Crippen LogP contribution in [0.25, 0.3) is 110 Å². The van der Waals surface area contributed by atoms with Gasteiger partial charge >= 0.3 is 0 Å². The van der Waals surface area contributed by atoms with Crippen molar-refractivity contribution in [3.8, 4) is 61.8 Å². The molecule has 11 rings (SSSR count). The van der Waals surface area contributed by atoms with Gasteiger partial charge in [-0.05, 0) is 71.3 Å². The van der Waals surface area contributed by atoms with E-state index in [0.717, 1.165) is 89.0 Å². The van der Waals surface area contributed by atoms with Crippen LogP contribution in [0, 0.1) is 6.57 Å². The molecular formula is C53H32N4O. The van der Waals surface area contributed by atoms with E-state index < -0.39 is 0 Å². The van der Waals surface area contributed by atoms with E-state index in [-0.39, 0.29) is 0 Å². The summed E-state index contributed by atoms with van der Waals surface area (Å²) in [6, 6.07) is 66.9. The number of hydrogen-bond donors (Lipinski definition) is 0. The lowest BCUT2D eigenvalue weighted by molar-refractivity contribution is 0.670. The molecule has 3 heterocycles. The van der Waals surface area contributed by atoms with Crippen molar-refractivity contribution in [1.82, 2.24) is 14.5 Å². The Kier molecular flexibility index (Phi) is 7.80. The van der Waals surface area contributed by atoms with Crippen molar-refractivity contribution in [3.05, 3.63) is 206 Å². The first kappa shape index (κ1) is 33.3. The molecule has 58 heavy (non-hydrogen) atoms. The van der Waals surface area contributed by atoms with Gasteiger partial charge in [0.25, 0.3) is 0 Å². The van der Waals surface area contributed by atoms with Gasteiger partial charge in [0.2, 0.25) is 0 Å². The van der Waals surface area contributed by atoms with Crippen LogP contribution in [-0.2, 0) is 0 Å². The lowest BCUT2D eigenvalue weighted by Crippen LogP contribution is -1.96. The molecule has 0 radical (unpaired) electrons. The first-order chi connectivity index (χ1) is 28.7. The highest BCUT2D eigenvalue weighted by Gasteiger charge is 2.17.